The van der Waals surface area contributed by atoms with Gasteiger partial charge in [-0.1, -0.05) is 206 Å². The zero-order valence-corrected chi connectivity index (χ0v) is 32.7. The van der Waals surface area contributed by atoms with Gasteiger partial charge in [-0.2, -0.15) is 0 Å². The number of benzene rings is 8. The first-order valence-electron chi connectivity index (χ1n) is 20.2. The average Bonchev–Trinajstić information content (AvgIpc) is 3.35. The zero-order valence-electron chi connectivity index (χ0n) is 32.7. The van der Waals surface area contributed by atoms with Gasteiger partial charge in [0.15, 0.2) is 17.5 Å². The Balaban J connectivity index is 0.957. The first-order valence-corrected chi connectivity index (χ1v) is 20.2. The Hall–Kier alpha value is -8.02. The van der Waals surface area contributed by atoms with Crippen LogP contribution in [0.15, 0.2) is 229 Å². The maximum Gasteiger partial charge on any atom is 0.164 e. The van der Waals surface area contributed by atoms with Gasteiger partial charge in [-0.3, -0.25) is 0 Å². The second-order valence-corrected chi connectivity index (χ2v) is 14.8. The van der Waals surface area contributed by atoms with E-state index in [1.165, 1.54) is 16.7 Å². The fourth-order valence-corrected chi connectivity index (χ4v) is 7.63. The van der Waals surface area contributed by atoms with Gasteiger partial charge in [0.25, 0.3) is 0 Å². The van der Waals surface area contributed by atoms with Crippen molar-refractivity contribution in [3.8, 4) is 67.5 Å². The number of nitrogens with zero attached hydrogens (tertiary/aromatic N) is 4. The molecule has 1 unspecified atom stereocenters. The molecule has 5 nitrogen and oxygen atoms in total. The Morgan fingerprint density at radius 1 is 0.300 bits per heavy atom. The minimum atomic E-state index is -0.119. The summed E-state index contributed by atoms with van der Waals surface area (Å²) in [6, 6.07) is 75.5. The number of rotatable bonds is 9. The van der Waals surface area contributed by atoms with Crippen molar-refractivity contribution in [1.82, 2.24) is 20.3 Å². The van der Waals surface area contributed by atoms with Crippen molar-refractivity contribution in [2.24, 2.45) is 4.99 Å². The van der Waals surface area contributed by atoms with Crippen LogP contribution in [0.4, 0.5) is 0 Å². The molecule has 1 atom stereocenters. The van der Waals surface area contributed by atoms with Crippen molar-refractivity contribution in [3.63, 3.8) is 0 Å². The number of hydrogen-bond acceptors (Lipinski definition) is 5. The summed E-state index contributed by atoms with van der Waals surface area (Å²) in [5.74, 6) is 2.74. The summed E-state index contributed by atoms with van der Waals surface area (Å²) < 4.78 is 0. The van der Waals surface area contributed by atoms with Crippen molar-refractivity contribution in [2.45, 2.75) is 6.04 Å². The molecule has 1 aliphatic heterocycles. The standard InChI is InChI=1S/C55H39N5/c1-5-15-38(16-6-1)39-27-29-40(30-28-39)41-31-33-45(34-32-41)52-56-50(42-17-7-2-8-18-42)37-51(57-52)48-25-13-23-46(35-48)47-24-14-26-49(36-47)55-59-53(43-19-9-3-10-20-43)58-54(60-55)44-21-11-4-12-22-44/h1-37,51H,(H,56,57). The van der Waals surface area contributed by atoms with Crippen molar-refractivity contribution < 1.29 is 0 Å². The van der Waals surface area contributed by atoms with Crippen LogP contribution in [0.3, 0.4) is 0 Å². The predicted molar refractivity (Wildman–Crippen MR) is 246 cm³/mol. The van der Waals surface area contributed by atoms with E-state index in [0.29, 0.717) is 17.5 Å². The maximum atomic E-state index is 5.18. The fourth-order valence-electron chi connectivity index (χ4n) is 7.63. The third-order valence-electron chi connectivity index (χ3n) is 10.8. The lowest BCUT2D eigenvalue weighted by molar-refractivity contribution is 0.781. The fraction of sp³-hybridized carbons (Fsp3) is 0.0182. The van der Waals surface area contributed by atoms with Crippen LogP contribution in [-0.2, 0) is 0 Å². The molecule has 0 spiro atoms. The minimum Gasteiger partial charge on any atom is -0.359 e. The van der Waals surface area contributed by atoms with Crippen LogP contribution in [-0.4, -0.2) is 20.8 Å². The van der Waals surface area contributed by atoms with Gasteiger partial charge in [-0.25, -0.2) is 19.9 Å². The molecular weight excluding hydrogens is 731 g/mol. The predicted octanol–water partition coefficient (Wildman–Crippen LogP) is 13.0. The molecule has 10 rings (SSSR count). The second kappa shape index (κ2) is 16.5. The van der Waals surface area contributed by atoms with Crippen LogP contribution in [0.1, 0.15) is 22.7 Å². The van der Waals surface area contributed by atoms with Gasteiger partial charge in [0.2, 0.25) is 0 Å². The highest BCUT2D eigenvalue weighted by Crippen LogP contribution is 2.33. The van der Waals surface area contributed by atoms with E-state index in [1.807, 2.05) is 72.8 Å². The van der Waals surface area contributed by atoms with Gasteiger partial charge in [0.1, 0.15) is 5.84 Å². The molecule has 8 aromatic carbocycles. The Morgan fingerprint density at radius 3 is 1.22 bits per heavy atom. The lowest BCUT2D eigenvalue weighted by atomic mass is 9.95. The molecule has 0 saturated heterocycles. The largest absolute Gasteiger partial charge is 0.359 e. The molecule has 284 valence electrons. The van der Waals surface area contributed by atoms with Gasteiger partial charge >= 0.3 is 0 Å². The number of aromatic nitrogens is 3. The van der Waals surface area contributed by atoms with E-state index < -0.39 is 0 Å². The molecule has 2 heterocycles. The molecule has 0 amide bonds. The van der Waals surface area contributed by atoms with Crippen molar-refractivity contribution in [1.29, 1.82) is 0 Å². The van der Waals surface area contributed by atoms with Crippen LogP contribution >= 0.6 is 0 Å². The Bertz CT molecular complexity index is 2900. The van der Waals surface area contributed by atoms with Crippen LogP contribution in [0, 0.1) is 0 Å². The molecule has 1 N–H and O–H groups in total. The molecular formula is C55H39N5. The summed E-state index contributed by atoms with van der Waals surface area (Å²) in [5.41, 5.74) is 13.9. The summed E-state index contributed by atoms with van der Waals surface area (Å²) in [5, 5.41) is 3.78. The Labute approximate surface area is 350 Å². The molecule has 0 fully saturated rings. The molecule has 1 aromatic heterocycles. The third-order valence-corrected chi connectivity index (χ3v) is 10.8. The van der Waals surface area contributed by atoms with E-state index in [0.717, 1.165) is 61.6 Å². The average molecular weight is 770 g/mol. The molecule has 0 radical (unpaired) electrons. The zero-order chi connectivity index (χ0) is 40.1. The molecule has 0 aliphatic carbocycles. The number of nitrogens with one attached hydrogen (secondary N) is 1. The minimum absolute atomic E-state index is 0.119. The van der Waals surface area contributed by atoms with Crippen LogP contribution in [0.2, 0.25) is 0 Å². The first kappa shape index (κ1) is 36.3. The summed E-state index contributed by atoms with van der Waals surface area (Å²) in [6.07, 6.45) is 2.22. The van der Waals surface area contributed by atoms with Crippen molar-refractivity contribution >= 4 is 11.5 Å². The lowest BCUT2D eigenvalue weighted by Gasteiger charge is -2.25. The molecule has 1 aliphatic rings. The SMILES string of the molecule is C1=C(c2ccccc2)N=C(c2ccc(-c3ccc(-c4ccccc4)cc3)cc2)NC1c1cccc(-c2cccc(-c3nc(-c4ccccc4)nc(-c4ccccc4)n3)c2)c1. The number of amidine groups is 1. The lowest BCUT2D eigenvalue weighted by Crippen LogP contribution is -2.31. The van der Waals surface area contributed by atoms with Gasteiger partial charge in [0.05, 0.1) is 11.7 Å². The van der Waals surface area contributed by atoms with Crippen LogP contribution < -0.4 is 5.32 Å². The highest BCUT2D eigenvalue weighted by atomic mass is 15.1. The maximum absolute atomic E-state index is 5.18. The molecule has 5 heteroatoms. The quantitative estimate of drug-likeness (QED) is 0.159. The Morgan fingerprint density at radius 2 is 0.683 bits per heavy atom. The Kier molecular flexibility index (Phi) is 9.96. The highest BCUT2D eigenvalue weighted by Gasteiger charge is 2.21. The van der Waals surface area contributed by atoms with Crippen LogP contribution in [0.5, 0.6) is 0 Å². The van der Waals surface area contributed by atoms with E-state index in [4.69, 9.17) is 19.9 Å². The number of hydrogen-bond donors (Lipinski definition) is 1. The molecule has 9 aromatic rings. The van der Waals surface area contributed by atoms with E-state index >= 15 is 0 Å². The topological polar surface area (TPSA) is 63.1 Å². The van der Waals surface area contributed by atoms with E-state index in [9.17, 15) is 0 Å². The molecule has 60 heavy (non-hydrogen) atoms. The van der Waals surface area contributed by atoms with E-state index in [2.05, 4.69) is 157 Å². The first-order chi connectivity index (χ1) is 29.7. The third kappa shape index (κ3) is 7.80. The van der Waals surface area contributed by atoms with Gasteiger partial charge in [0, 0.05) is 22.3 Å². The van der Waals surface area contributed by atoms with Crippen molar-refractivity contribution in [2.75, 3.05) is 0 Å². The summed E-state index contributed by atoms with van der Waals surface area (Å²) in [6.45, 7) is 0. The normalized spacial score (nSPS) is 13.5. The highest BCUT2D eigenvalue weighted by molar-refractivity contribution is 6.03. The van der Waals surface area contributed by atoms with E-state index in [-0.39, 0.29) is 6.04 Å². The molecule has 0 bridgehead atoms. The summed E-state index contributed by atoms with van der Waals surface area (Å²) in [4.78, 5) is 20.0. The van der Waals surface area contributed by atoms with Gasteiger partial charge in [-0.05, 0) is 62.7 Å². The number of aliphatic imine (C=N–C) groups is 1. The van der Waals surface area contributed by atoms with Crippen LogP contribution in [0.25, 0.3) is 73.2 Å². The molecule has 0 saturated carbocycles. The second-order valence-electron chi connectivity index (χ2n) is 14.8. The van der Waals surface area contributed by atoms with Crippen molar-refractivity contribution in [3.05, 3.63) is 241 Å². The van der Waals surface area contributed by atoms with Gasteiger partial charge < -0.3 is 5.32 Å². The van der Waals surface area contributed by atoms with Gasteiger partial charge in [-0.15, -0.1) is 0 Å². The summed E-state index contributed by atoms with van der Waals surface area (Å²) in [7, 11) is 0. The van der Waals surface area contributed by atoms with E-state index in [1.54, 1.807) is 0 Å². The summed E-state index contributed by atoms with van der Waals surface area (Å²) >= 11 is 0. The monoisotopic (exact) mass is 769 g/mol. The smallest absolute Gasteiger partial charge is 0.164 e.